The van der Waals surface area contributed by atoms with E-state index in [0.29, 0.717) is 5.92 Å². The minimum atomic E-state index is 0.685. The SMILES string of the molecule is CCCN1CCC(c2c[nH]c3cc(Br)ncc23)CC1. The van der Waals surface area contributed by atoms with Crippen LogP contribution in [0.4, 0.5) is 0 Å². The molecule has 1 fully saturated rings. The zero-order valence-electron chi connectivity index (χ0n) is 11.3. The number of hydrogen-bond acceptors (Lipinski definition) is 2. The third-order valence-corrected chi connectivity index (χ3v) is 4.57. The third-order valence-electron chi connectivity index (χ3n) is 4.13. The number of H-pyrrole nitrogens is 1. The van der Waals surface area contributed by atoms with Crippen LogP contribution < -0.4 is 0 Å². The number of nitrogens with one attached hydrogen (secondary N) is 1. The van der Waals surface area contributed by atoms with E-state index in [4.69, 9.17) is 0 Å². The second-order valence-corrected chi connectivity index (χ2v) is 6.23. The van der Waals surface area contributed by atoms with E-state index >= 15 is 0 Å². The Kier molecular flexibility index (Phi) is 3.89. The second kappa shape index (κ2) is 5.63. The minimum Gasteiger partial charge on any atom is -0.361 e. The lowest BCUT2D eigenvalue weighted by atomic mass is 9.89. The molecular formula is C15H20BrN3. The van der Waals surface area contributed by atoms with Gasteiger partial charge in [-0.05, 0) is 72.4 Å². The molecule has 1 N–H and O–H groups in total. The van der Waals surface area contributed by atoms with E-state index in [9.17, 15) is 0 Å². The van der Waals surface area contributed by atoms with Crippen molar-refractivity contribution in [1.82, 2.24) is 14.9 Å². The number of nitrogens with zero attached hydrogens (tertiary/aromatic N) is 2. The molecule has 2 aromatic rings. The van der Waals surface area contributed by atoms with Gasteiger partial charge in [-0.2, -0.15) is 0 Å². The Bertz CT molecular complexity index is 556. The number of hydrogen-bond donors (Lipinski definition) is 1. The van der Waals surface area contributed by atoms with E-state index in [-0.39, 0.29) is 0 Å². The van der Waals surface area contributed by atoms with E-state index in [2.05, 4.69) is 50.0 Å². The molecule has 3 heterocycles. The molecular weight excluding hydrogens is 302 g/mol. The summed E-state index contributed by atoms with van der Waals surface area (Å²) >= 11 is 3.43. The Labute approximate surface area is 122 Å². The van der Waals surface area contributed by atoms with Crippen molar-refractivity contribution >= 4 is 26.8 Å². The maximum Gasteiger partial charge on any atom is 0.108 e. The minimum absolute atomic E-state index is 0.685. The van der Waals surface area contributed by atoms with Crippen LogP contribution in [0.1, 0.15) is 37.7 Å². The summed E-state index contributed by atoms with van der Waals surface area (Å²) in [5.41, 5.74) is 2.64. The highest BCUT2D eigenvalue weighted by Gasteiger charge is 2.22. The Morgan fingerprint density at radius 3 is 2.95 bits per heavy atom. The van der Waals surface area contributed by atoms with Gasteiger partial charge in [-0.1, -0.05) is 6.92 Å². The van der Waals surface area contributed by atoms with Crippen LogP contribution in [0.15, 0.2) is 23.1 Å². The largest absolute Gasteiger partial charge is 0.361 e. The van der Waals surface area contributed by atoms with Crippen molar-refractivity contribution in [2.75, 3.05) is 19.6 Å². The van der Waals surface area contributed by atoms with Gasteiger partial charge in [0.25, 0.3) is 0 Å². The first-order valence-corrected chi connectivity index (χ1v) is 7.92. The van der Waals surface area contributed by atoms with Crippen LogP contribution in [0.5, 0.6) is 0 Å². The van der Waals surface area contributed by atoms with Crippen molar-refractivity contribution < 1.29 is 0 Å². The quantitative estimate of drug-likeness (QED) is 0.869. The smallest absolute Gasteiger partial charge is 0.108 e. The lowest BCUT2D eigenvalue weighted by molar-refractivity contribution is 0.213. The molecule has 102 valence electrons. The lowest BCUT2D eigenvalue weighted by Crippen LogP contribution is -2.33. The summed E-state index contributed by atoms with van der Waals surface area (Å²) in [5, 5.41) is 1.29. The van der Waals surface area contributed by atoms with Gasteiger partial charge in [-0.3, -0.25) is 0 Å². The van der Waals surface area contributed by atoms with Gasteiger partial charge < -0.3 is 9.88 Å². The maximum absolute atomic E-state index is 4.37. The summed E-state index contributed by atoms with van der Waals surface area (Å²) in [7, 11) is 0. The van der Waals surface area contributed by atoms with E-state index in [1.54, 1.807) is 0 Å². The fourth-order valence-corrected chi connectivity index (χ4v) is 3.47. The molecule has 3 nitrogen and oxygen atoms in total. The van der Waals surface area contributed by atoms with Crippen molar-refractivity contribution in [3.63, 3.8) is 0 Å². The highest BCUT2D eigenvalue weighted by molar-refractivity contribution is 9.10. The first kappa shape index (κ1) is 13.1. The summed E-state index contributed by atoms with van der Waals surface area (Å²) in [5.74, 6) is 0.685. The molecule has 3 rings (SSSR count). The maximum atomic E-state index is 4.37. The van der Waals surface area contributed by atoms with Crippen molar-refractivity contribution in [1.29, 1.82) is 0 Å². The first-order chi connectivity index (χ1) is 9.28. The van der Waals surface area contributed by atoms with E-state index in [1.807, 2.05) is 6.20 Å². The van der Waals surface area contributed by atoms with Crippen LogP contribution in [0.3, 0.4) is 0 Å². The molecule has 0 radical (unpaired) electrons. The predicted molar refractivity (Wildman–Crippen MR) is 82.5 cm³/mol. The molecule has 1 aliphatic heterocycles. The predicted octanol–water partition coefficient (Wildman–Crippen LogP) is 3.91. The van der Waals surface area contributed by atoms with Crippen molar-refractivity contribution in [2.45, 2.75) is 32.1 Å². The van der Waals surface area contributed by atoms with Crippen LogP contribution in [-0.4, -0.2) is 34.5 Å². The third kappa shape index (κ3) is 2.70. The summed E-state index contributed by atoms with van der Waals surface area (Å²) in [6.45, 7) is 5.97. The molecule has 0 saturated carbocycles. The van der Waals surface area contributed by atoms with Crippen molar-refractivity contribution in [3.8, 4) is 0 Å². The summed E-state index contributed by atoms with van der Waals surface area (Å²) in [4.78, 5) is 10.3. The van der Waals surface area contributed by atoms with Gasteiger partial charge in [0.1, 0.15) is 4.60 Å². The molecule has 1 aliphatic rings. The Hall–Kier alpha value is -0.870. The van der Waals surface area contributed by atoms with Crippen LogP contribution >= 0.6 is 15.9 Å². The molecule has 19 heavy (non-hydrogen) atoms. The van der Waals surface area contributed by atoms with Crippen LogP contribution in [-0.2, 0) is 0 Å². The number of aromatic nitrogens is 2. The average Bonchev–Trinajstić information content (AvgIpc) is 2.83. The van der Waals surface area contributed by atoms with Gasteiger partial charge in [0.05, 0.1) is 0 Å². The Morgan fingerprint density at radius 2 is 2.21 bits per heavy atom. The molecule has 4 heteroatoms. The monoisotopic (exact) mass is 321 g/mol. The highest BCUT2D eigenvalue weighted by Crippen LogP contribution is 2.33. The van der Waals surface area contributed by atoms with Gasteiger partial charge in [-0.25, -0.2) is 4.98 Å². The summed E-state index contributed by atoms with van der Waals surface area (Å²) in [6.07, 6.45) is 7.96. The van der Waals surface area contributed by atoms with Gasteiger partial charge in [0.2, 0.25) is 0 Å². The summed E-state index contributed by atoms with van der Waals surface area (Å²) in [6, 6.07) is 2.06. The summed E-state index contributed by atoms with van der Waals surface area (Å²) < 4.78 is 0.895. The molecule has 0 spiro atoms. The van der Waals surface area contributed by atoms with Crippen molar-refractivity contribution in [2.24, 2.45) is 0 Å². The van der Waals surface area contributed by atoms with Gasteiger partial charge in [0, 0.05) is 23.3 Å². The number of rotatable bonds is 3. The number of fused-ring (bicyclic) bond motifs is 1. The van der Waals surface area contributed by atoms with E-state index in [0.717, 1.165) is 4.60 Å². The fraction of sp³-hybridized carbons (Fsp3) is 0.533. The molecule has 0 bridgehead atoms. The standard InChI is InChI=1S/C15H20BrN3/c1-2-5-19-6-3-11(4-7-19)12-9-17-14-8-15(16)18-10-13(12)14/h8-11,17H,2-7H2,1H3. The molecule has 0 unspecified atom stereocenters. The van der Waals surface area contributed by atoms with E-state index < -0.39 is 0 Å². The van der Waals surface area contributed by atoms with Crippen LogP contribution in [0, 0.1) is 0 Å². The molecule has 1 saturated heterocycles. The fourth-order valence-electron chi connectivity index (χ4n) is 3.13. The number of halogens is 1. The van der Waals surface area contributed by atoms with Crippen LogP contribution in [0.25, 0.3) is 10.9 Å². The topological polar surface area (TPSA) is 31.9 Å². The normalized spacial score (nSPS) is 18.2. The highest BCUT2D eigenvalue weighted by atomic mass is 79.9. The van der Waals surface area contributed by atoms with Crippen LogP contribution in [0.2, 0.25) is 0 Å². The van der Waals surface area contributed by atoms with Crippen molar-refractivity contribution in [3.05, 3.63) is 28.6 Å². The lowest BCUT2D eigenvalue weighted by Gasteiger charge is -2.31. The molecule has 0 atom stereocenters. The Morgan fingerprint density at radius 1 is 1.42 bits per heavy atom. The molecule has 0 aliphatic carbocycles. The number of piperidine rings is 1. The molecule has 0 aromatic carbocycles. The second-order valence-electron chi connectivity index (χ2n) is 5.41. The first-order valence-electron chi connectivity index (χ1n) is 7.13. The Balaban J connectivity index is 1.78. The zero-order valence-corrected chi connectivity index (χ0v) is 12.9. The van der Waals surface area contributed by atoms with Gasteiger partial charge >= 0.3 is 0 Å². The zero-order chi connectivity index (χ0) is 13.2. The van der Waals surface area contributed by atoms with Gasteiger partial charge in [0.15, 0.2) is 0 Å². The average molecular weight is 322 g/mol. The molecule has 2 aromatic heterocycles. The van der Waals surface area contributed by atoms with E-state index in [1.165, 1.54) is 55.4 Å². The molecule has 0 amide bonds. The number of pyridine rings is 1. The number of likely N-dealkylation sites (tertiary alicyclic amines) is 1. The van der Waals surface area contributed by atoms with Gasteiger partial charge in [-0.15, -0.1) is 0 Å². The number of aromatic amines is 1.